The van der Waals surface area contributed by atoms with Crippen molar-refractivity contribution in [3.63, 3.8) is 0 Å². The molecule has 0 saturated carbocycles. The number of nitrogens with two attached hydrogens (primary N) is 1. The summed E-state index contributed by atoms with van der Waals surface area (Å²) in [5.41, 5.74) is 9.11. The van der Waals surface area contributed by atoms with Crippen LogP contribution in [0.2, 0.25) is 5.02 Å². The molecule has 20 heavy (non-hydrogen) atoms. The molecule has 0 aliphatic carbocycles. The number of aromatic nitrogens is 1. The molecular formula is C16H14ClN3. The Labute approximate surface area is 122 Å². The van der Waals surface area contributed by atoms with Crippen LogP contribution in [-0.2, 0) is 0 Å². The Kier molecular flexibility index (Phi) is 3.20. The highest BCUT2D eigenvalue weighted by molar-refractivity contribution is 6.30. The van der Waals surface area contributed by atoms with Crippen molar-refractivity contribution in [3.05, 3.63) is 59.2 Å². The Hall–Kier alpha value is -2.26. The number of pyridine rings is 1. The van der Waals surface area contributed by atoms with E-state index in [0.29, 0.717) is 5.82 Å². The van der Waals surface area contributed by atoms with Crippen molar-refractivity contribution >= 4 is 39.6 Å². The van der Waals surface area contributed by atoms with Crippen LogP contribution in [0.5, 0.6) is 0 Å². The molecule has 0 fully saturated rings. The largest absolute Gasteiger partial charge is 0.383 e. The topological polar surface area (TPSA) is 50.9 Å². The van der Waals surface area contributed by atoms with E-state index in [0.717, 1.165) is 32.7 Å². The number of benzene rings is 2. The van der Waals surface area contributed by atoms with Crippen LogP contribution in [0, 0.1) is 6.92 Å². The molecule has 0 unspecified atom stereocenters. The number of rotatable bonds is 2. The van der Waals surface area contributed by atoms with Crippen molar-refractivity contribution in [2.24, 2.45) is 0 Å². The molecule has 1 heterocycles. The number of halogens is 1. The number of hydrogen-bond donors (Lipinski definition) is 2. The minimum Gasteiger partial charge on any atom is -0.383 e. The lowest BCUT2D eigenvalue weighted by Gasteiger charge is -2.13. The van der Waals surface area contributed by atoms with Gasteiger partial charge in [-0.1, -0.05) is 23.7 Å². The molecule has 3 aromatic rings. The number of hydrogen-bond acceptors (Lipinski definition) is 3. The number of nitrogen functional groups attached to an aromatic ring is 1. The van der Waals surface area contributed by atoms with E-state index in [2.05, 4.69) is 17.2 Å². The molecule has 0 saturated heterocycles. The van der Waals surface area contributed by atoms with E-state index in [1.807, 2.05) is 42.5 Å². The molecule has 100 valence electrons. The SMILES string of the molecule is Cc1ccc2c(N)nccc2c1Nc1ccc(Cl)cc1. The third kappa shape index (κ3) is 2.28. The van der Waals surface area contributed by atoms with Gasteiger partial charge in [0, 0.05) is 33.4 Å². The molecule has 3 nitrogen and oxygen atoms in total. The van der Waals surface area contributed by atoms with Crippen molar-refractivity contribution < 1.29 is 0 Å². The Morgan fingerprint density at radius 2 is 1.75 bits per heavy atom. The van der Waals surface area contributed by atoms with E-state index in [1.54, 1.807) is 6.20 Å². The summed E-state index contributed by atoms with van der Waals surface area (Å²) in [6.07, 6.45) is 1.73. The van der Waals surface area contributed by atoms with E-state index < -0.39 is 0 Å². The average Bonchev–Trinajstić information content (AvgIpc) is 2.44. The van der Waals surface area contributed by atoms with Crippen LogP contribution in [0.3, 0.4) is 0 Å². The molecule has 0 spiro atoms. The van der Waals surface area contributed by atoms with Gasteiger partial charge in [-0.15, -0.1) is 0 Å². The highest BCUT2D eigenvalue weighted by atomic mass is 35.5. The summed E-state index contributed by atoms with van der Waals surface area (Å²) in [5.74, 6) is 0.543. The summed E-state index contributed by atoms with van der Waals surface area (Å²) >= 11 is 5.91. The van der Waals surface area contributed by atoms with Gasteiger partial charge in [0.15, 0.2) is 0 Å². The molecule has 3 N–H and O–H groups in total. The van der Waals surface area contributed by atoms with Crippen molar-refractivity contribution in [1.82, 2.24) is 4.98 Å². The van der Waals surface area contributed by atoms with Crippen molar-refractivity contribution in [2.45, 2.75) is 6.92 Å². The first-order valence-electron chi connectivity index (χ1n) is 6.31. The van der Waals surface area contributed by atoms with Gasteiger partial charge in [0.25, 0.3) is 0 Å². The van der Waals surface area contributed by atoms with E-state index in [-0.39, 0.29) is 0 Å². The van der Waals surface area contributed by atoms with Crippen LogP contribution in [0.4, 0.5) is 17.2 Å². The second-order valence-electron chi connectivity index (χ2n) is 4.68. The van der Waals surface area contributed by atoms with Gasteiger partial charge in [0.1, 0.15) is 5.82 Å². The number of nitrogens with zero attached hydrogens (tertiary/aromatic N) is 1. The Morgan fingerprint density at radius 3 is 2.50 bits per heavy atom. The first kappa shape index (κ1) is 12.8. The molecule has 1 aromatic heterocycles. The molecule has 3 rings (SSSR count). The van der Waals surface area contributed by atoms with Crippen LogP contribution in [0.1, 0.15) is 5.56 Å². The van der Waals surface area contributed by atoms with E-state index in [4.69, 9.17) is 17.3 Å². The summed E-state index contributed by atoms with van der Waals surface area (Å²) < 4.78 is 0. The van der Waals surface area contributed by atoms with Crippen LogP contribution >= 0.6 is 11.6 Å². The fourth-order valence-corrected chi connectivity index (χ4v) is 2.36. The molecule has 0 bridgehead atoms. The third-order valence-corrected chi connectivity index (χ3v) is 3.55. The van der Waals surface area contributed by atoms with Crippen LogP contribution in [-0.4, -0.2) is 4.98 Å². The number of fused-ring (bicyclic) bond motifs is 1. The van der Waals surface area contributed by atoms with Crippen LogP contribution in [0.15, 0.2) is 48.7 Å². The summed E-state index contributed by atoms with van der Waals surface area (Å²) in [4.78, 5) is 4.13. The number of anilines is 3. The summed E-state index contributed by atoms with van der Waals surface area (Å²) in [6.45, 7) is 2.06. The quantitative estimate of drug-likeness (QED) is 0.727. The number of nitrogens with one attached hydrogen (secondary N) is 1. The summed E-state index contributed by atoms with van der Waals surface area (Å²) in [6, 6.07) is 13.6. The van der Waals surface area contributed by atoms with Gasteiger partial charge < -0.3 is 11.1 Å². The lowest BCUT2D eigenvalue weighted by Crippen LogP contribution is -1.97. The number of aryl methyl sites for hydroxylation is 1. The van der Waals surface area contributed by atoms with Crippen molar-refractivity contribution in [1.29, 1.82) is 0 Å². The van der Waals surface area contributed by atoms with E-state index in [9.17, 15) is 0 Å². The monoisotopic (exact) mass is 283 g/mol. The van der Waals surface area contributed by atoms with Crippen LogP contribution < -0.4 is 11.1 Å². The molecular weight excluding hydrogens is 270 g/mol. The first-order valence-corrected chi connectivity index (χ1v) is 6.69. The van der Waals surface area contributed by atoms with Crippen molar-refractivity contribution in [2.75, 3.05) is 11.1 Å². The second-order valence-corrected chi connectivity index (χ2v) is 5.12. The van der Waals surface area contributed by atoms with E-state index >= 15 is 0 Å². The summed E-state index contributed by atoms with van der Waals surface area (Å²) in [7, 11) is 0. The Balaban J connectivity index is 2.13. The van der Waals surface area contributed by atoms with Gasteiger partial charge in [-0.25, -0.2) is 4.98 Å². The maximum Gasteiger partial charge on any atom is 0.131 e. The minimum absolute atomic E-state index is 0.543. The molecule has 4 heteroatoms. The van der Waals surface area contributed by atoms with Gasteiger partial charge in [-0.2, -0.15) is 0 Å². The Morgan fingerprint density at radius 1 is 1.00 bits per heavy atom. The van der Waals surface area contributed by atoms with Crippen molar-refractivity contribution in [3.8, 4) is 0 Å². The molecule has 0 radical (unpaired) electrons. The van der Waals surface area contributed by atoms with Gasteiger partial charge >= 0.3 is 0 Å². The normalized spacial score (nSPS) is 10.7. The third-order valence-electron chi connectivity index (χ3n) is 3.30. The predicted octanol–water partition coefficient (Wildman–Crippen LogP) is 4.52. The lowest BCUT2D eigenvalue weighted by molar-refractivity contribution is 1.36. The summed E-state index contributed by atoms with van der Waals surface area (Å²) in [5, 5.41) is 6.16. The zero-order chi connectivity index (χ0) is 14.1. The van der Waals surface area contributed by atoms with Gasteiger partial charge in [-0.05, 0) is 42.8 Å². The molecule has 0 atom stereocenters. The smallest absolute Gasteiger partial charge is 0.131 e. The highest BCUT2D eigenvalue weighted by Gasteiger charge is 2.07. The van der Waals surface area contributed by atoms with Gasteiger partial charge in [0.2, 0.25) is 0 Å². The molecule has 2 aromatic carbocycles. The molecule has 0 aliphatic rings. The lowest BCUT2D eigenvalue weighted by atomic mass is 10.1. The average molecular weight is 284 g/mol. The second kappa shape index (κ2) is 5.02. The zero-order valence-corrected chi connectivity index (χ0v) is 11.8. The maximum absolute atomic E-state index is 5.93. The van der Waals surface area contributed by atoms with Gasteiger partial charge in [-0.3, -0.25) is 0 Å². The first-order chi connectivity index (χ1) is 9.65. The Bertz CT molecular complexity index is 767. The van der Waals surface area contributed by atoms with Crippen LogP contribution in [0.25, 0.3) is 10.8 Å². The standard InChI is InChI=1S/C16H14ClN3/c1-10-2-7-14-13(8-9-19-16(14)18)15(10)20-12-5-3-11(17)4-6-12/h2-9,20H,1H3,(H2,18,19). The fraction of sp³-hybridized carbons (Fsp3) is 0.0625. The minimum atomic E-state index is 0.543. The maximum atomic E-state index is 5.93. The van der Waals surface area contributed by atoms with Gasteiger partial charge in [0.05, 0.1) is 0 Å². The highest BCUT2D eigenvalue weighted by Crippen LogP contribution is 2.32. The molecule has 0 aliphatic heterocycles. The predicted molar refractivity (Wildman–Crippen MR) is 85.6 cm³/mol. The molecule has 0 amide bonds. The van der Waals surface area contributed by atoms with E-state index in [1.165, 1.54) is 0 Å². The fourth-order valence-electron chi connectivity index (χ4n) is 2.23. The zero-order valence-electron chi connectivity index (χ0n) is 11.0.